The molecule has 1 amide bonds. The number of nitrogens with one attached hydrogen (secondary N) is 1. The molecule has 0 radical (unpaired) electrons. The van der Waals surface area contributed by atoms with Crippen molar-refractivity contribution in [2.75, 3.05) is 36.5 Å². The Morgan fingerprint density at radius 3 is 2.52 bits per heavy atom. The number of nitrogens with zero attached hydrogens (tertiary/aromatic N) is 2. The van der Waals surface area contributed by atoms with Gasteiger partial charge in [0.25, 0.3) is 5.91 Å². The van der Waals surface area contributed by atoms with Crippen LogP contribution in [-0.4, -0.2) is 43.2 Å². The molecule has 1 fully saturated rings. The number of hydrogen-bond donors (Lipinski definition) is 1. The lowest BCUT2D eigenvalue weighted by atomic mass is 10.0. The Bertz CT molecular complexity index is 799. The summed E-state index contributed by atoms with van der Waals surface area (Å²) in [7, 11) is 0. The van der Waals surface area contributed by atoms with E-state index in [1.807, 2.05) is 29.2 Å². The van der Waals surface area contributed by atoms with Crippen molar-refractivity contribution in [1.29, 1.82) is 0 Å². The van der Waals surface area contributed by atoms with Crippen LogP contribution in [0.25, 0.3) is 0 Å². The summed E-state index contributed by atoms with van der Waals surface area (Å²) >= 11 is 0. The molecule has 0 aromatic heterocycles. The van der Waals surface area contributed by atoms with Crippen LogP contribution in [0.3, 0.4) is 0 Å². The summed E-state index contributed by atoms with van der Waals surface area (Å²) in [4.78, 5) is 17.5. The molecule has 2 aliphatic heterocycles. The lowest BCUT2D eigenvalue weighted by molar-refractivity contribution is 0.0593. The number of anilines is 2. The number of fused-ring (bicyclic) bond motifs is 1. The van der Waals surface area contributed by atoms with Gasteiger partial charge in [0, 0.05) is 30.5 Å². The highest BCUT2D eigenvalue weighted by atomic mass is 16.5. The minimum absolute atomic E-state index is 0.0981. The zero-order valence-electron chi connectivity index (χ0n) is 16.0. The SMILES string of the molecule is CC[C@@H](C)N1C(=O)c2ccccc2N[C@@H]1c1ccc(N2CCOCC2)cc1. The summed E-state index contributed by atoms with van der Waals surface area (Å²) in [6.07, 6.45) is 0.763. The van der Waals surface area contributed by atoms with Crippen molar-refractivity contribution in [2.24, 2.45) is 0 Å². The van der Waals surface area contributed by atoms with E-state index < -0.39 is 0 Å². The number of carbonyl (C=O) groups is 1. The van der Waals surface area contributed by atoms with E-state index in [2.05, 4.69) is 48.3 Å². The molecule has 0 saturated carbocycles. The molecule has 4 rings (SSSR count). The van der Waals surface area contributed by atoms with Gasteiger partial charge in [-0.25, -0.2) is 0 Å². The molecular formula is C22H27N3O2. The number of benzene rings is 2. The maximum absolute atomic E-state index is 13.2. The van der Waals surface area contributed by atoms with Crippen LogP contribution < -0.4 is 10.2 Å². The Balaban J connectivity index is 1.65. The summed E-state index contributed by atoms with van der Waals surface area (Å²) in [5.74, 6) is 0.0981. The summed E-state index contributed by atoms with van der Waals surface area (Å²) in [5, 5.41) is 3.58. The smallest absolute Gasteiger partial charge is 0.258 e. The first-order chi connectivity index (χ1) is 13.2. The number of morpholine rings is 1. The molecule has 2 aliphatic rings. The van der Waals surface area contributed by atoms with Crippen LogP contribution in [-0.2, 0) is 4.74 Å². The monoisotopic (exact) mass is 365 g/mol. The van der Waals surface area contributed by atoms with Crippen molar-refractivity contribution in [3.8, 4) is 0 Å². The maximum Gasteiger partial charge on any atom is 0.258 e. The fourth-order valence-corrected chi connectivity index (χ4v) is 3.85. The standard InChI is InChI=1S/C22H27N3O2/c1-3-16(2)25-21(23-20-7-5-4-6-19(20)22(25)26)17-8-10-18(11-9-17)24-12-14-27-15-13-24/h4-11,16,21,23H,3,12-15H2,1-2H3/t16-,21+/m1/s1. The van der Waals surface area contributed by atoms with Gasteiger partial charge in [-0.1, -0.05) is 31.2 Å². The van der Waals surface area contributed by atoms with Crippen molar-refractivity contribution in [1.82, 2.24) is 4.90 Å². The van der Waals surface area contributed by atoms with Crippen LogP contribution in [0.1, 0.15) is 42.4 Å². The Labute approximate surface area is 160 Å². The minimum Gasteiger partial charge on any atom is -0.378 e. The third-order valence-corrected chi connectivity index (χ3v) is 5.61. The van der Waals surface area contributed by atoms with Crippen LogP contribution in [0.15, 0.2) is 48.5 Å². The van der Waals surface area contributed by atoms with Crippen molar-refractivity contribution in [3.63, 3.8) is 0 Å². The molecular weight excluding hydrogens is 338 g/mol. The Morgan fingerprint density at radius 1 is 1.11 bits per heavy atom. The van der Waals surface area contributed by atoms with E-state index in [0.717, 1.165) is 49.5 Å². The molecule has 2 heterocycles. The normalized spacial score (nSPS) is 20.8. The van der Waals surface area contributed by atoms with Gasteiger partial charge in [-0.05, 0) is 43.2 Å². The number of hydrogen-bond acceptors (Lipinski definition) is 4. The third kappa shape index (κ3) is 3.39. The summed E-state index contributed by atoms with van der Waals surface area (Å²) in [5.41, 5.74) is 3.97. The number of rotatable bonds is 4. The molecule has 2 aromatic rings. The number of para-hydroxylation sites is 1. The second kappa shape index (κ2) is 7.61. The highest BCUT2D eigenvalue weighted by molar-refractivity contribution is 6.01. The molecule has 0 aliphatic carbocycles. The van der Waals surface area contributed by atoms with Crippen LogP contribution >= 0.6 is 0 Å². The predicted molar refractivity (Wildman–Crippen MR) is 108 cm³/mol. The van der Waals surface area contributed by atoms with Crippen LogP contribution in [0.2, 0.25) is 0 Å². The van der Waals surface area contributed by atoms with Crippen LogP contribution in [0.5, 0.6) is 0 Å². The highest BCUT2D eigenvalue weighted by Crippen LogP contribution is 2.35. The lowest BCUT2D eigenvalue weighted by Gasteiger charge is -2.41. The van der Waals surface area contributed by atoms with Crippen molar-refractivity contribution >= 4 is 17.3 Å². The van der Waals surface area contributed by atoms with E-state index in [0.29, 0.717) is 0 Å². The van der Waals surface area contributed by atoms with E-state index >= 15 is 0 Å². The van der Waals surface area contributed by atoms with Gasteiger partial charge in [0.2, 0.25) is 0 Å². The first kappa shape index (κ1) is 17.9. The Morgan fingerprint density at radius 2 is 1.81 bits per heavy atom. The molecule has 5 nitrogen and oxygen atoms in total. The largest absolute Gasteiger partial charge is 0.378 e. The molecule has 2 aromatic carbocycles. The average molecular weight is 365 g/mol. The van der Waals surface area contributed by atoms with E-state index in [9.17, 15) is 4.79 Å². The zero-order chi connectivity index (χ0) is 18.8. The Kier molecular flexibility index (Phi) is 5.03. The maximum atomic E-state index is 13.2. The van der Waals surface area contributed by atoms with Crippen LogP contribution in [0.4, 0.5) is 11.4 Å². The molecule has 0 bridgehead atoms. The minimum atomic E-state index is -0.152. The topological polar surface area (TPSA) is 44.8 Å². The molecule has 2 atom stereocenters. The van der Waals surface area contributed by atoms with Gasteiger partial charge in [0.05, 0.1) is 18.8 Å². The molecule has 27 heavy (non-hydrogen) atoms. The fraction of sp³-hybridized carbons (Fsp3) is 0.409. The highest BCUT2D eigenvalue weighted by Gasteiger charge is 2.35. The van der Waals surface area contributed by atoms with Gasteiger partial charge in [-0.3, -0.25) is 4.79 Å². The van der Waals surface area contributed by atoms with Crippen LogP contribution in [0, 0.1) is 0 Å². The molecule has 0 spiro atoms. The molecule has 1 N–H and O–H groups in total. The molecule has 0 unspecified atom stereocenters. The number of carbonyl (C=O) groups excluding carboxylic acids is 1. The fourth-order valence-electron chi connectivity index (χ4n) is 3.85. The van der Waals surface area contributed by atoms with E-state index in [1.165, 1.54) is 5.69 Å². The van der Waals surface area contributed by atoms with E-state index in [1.54, 1.807) is 0 Å². The van der Waals surface area contributed by atoms with Gasteiger partial charge in [0.15, 0.2) is 0 Å². The third-order valence-electron chi connectivity index (χ3n) is 5.61. The lowest BCUT2D eigenvalue weighted by Crippen LogP contribution is -2.47. The molecule has 5 heteroatoms. The second-order valence-corrected chi connectivity index (χ2v) is 7.25. The van der Waals surface area contributed by atoms with Crippen molar-refractivity contribution < 1.29 is 9.53 Å². The summed E-state index contributed by atoms with van der Waals surface area (Å²) < 4.78 is 5.44. The van der Waals surface area contributed by atoms with Gasteiger partial charge in [0.1, 0.15) is 6.17 Å². The molecule has 142 valence electrons. The quantitative estimate of drug-likeness (QED) is 0.893. The van der Waals surface area contributed by atoms with Crippen molar-refractivity contribution in [3.05, 3.63) is 59.7 Å². The first-order valence-corrected chi connectivity index (χ1v) is 9.80. The Hall–Kier alpha value is -2.53. The second-order valence-electron chi connectivity index (χ2n) is 7.25. The average Bonchev–Trinajstić information content (AvgIpc) is 2.74. The first-order valence-electron chi connectivity index (χ1n) is 9.80. The molecule has 1 saturated heterocycles. The predicted octanol–water partition coefficient (Wildman–Crippen LogP) is 3.89. The van der Waals surface area contributed by atoms with Gasteiger partial charge in [-0.2, -0.15) is 0 Å². The summed E-state index contributed by atoms with van der Waals surface area (Å²) in [6.45, 7) is 7.63. The number of amides is 1. The van der Waals surface area contributed by atoms with Gasteiger partial charge in [-0.15, -0.1) is 0 Å². The van der Waals surface area contributed by atoms with E-state index in [-0.39, 0.29) is 18.1 Å². The van der Waals surface area contributed by atoms with E-state index in [4.69, 9.17) is 4.74 Å². The van der Waals surface area contributed by atoms with Gasteiger partial charge < -0.3 is 19.9 Å². The summed E-state index contributed by atoms with van der Waals surface area (Å²) in [6, 6.07) is 16.5. The number of ether oxygens (including phenoxy) is 1. The van der Waals surface area contributed by atoms with Crippen molar-refractivity contribution in [2.45, 2.75) is 32.5 Å². The zero-order valence-corrected chi connectivity index (χ0v) is 16.0. The van der Waals surface area contributed by atoms with Gasteiger partial charge >= 0.3 is 0 Å².